The molecule has 2 unspecified atom stereocenters. The summed E-state index contributed by atoms with van der Waals surface area (Å²) in [5, 5.41) is 15.0. The number of rotatable bonds is 8. The fourth-order valence-electron chi connectivity index (χ4n) is 2.91. The highest BCUT2D eigenvalue weighted by Crippen LogP contribution is 2.38. The molecule has 6 nitrogen and oxygen atoms in total. The first-order valence-electron chi connectivity index (χ1n) is 7.94. The number of carbonyl (C=O) groups is 2. The quantitative estimate of drug-likeness (QED) is 0.595. The van der Waals surface area contributed by atoms with Crippen LogP contribution in [0.2, 0.25) is 0 Å². The van der Waals surface area contributed by atoms with Gasteiger partial charge in [-0.2, -0.15) is 0 Å². The van der Waals surface area contributed by atoms with Crippen molar-refractivity contribution in [3.05, 3.63) is 0 Å². The Hall–Kier alpha value is -1.30. The van der Waals surface area contributed by atoms with Crippen LogP contribution < -0.4 is 10.6 Å². The number of urea groups is 1. The van der Waals surface area contributed by atoms with E-state index in [-0.39, 0.29) is 12.1 Å². The SMILES string of the molecule is CCN(CC)CCCNC(=O)NC1CCCC1(C)C(=O)O. The van der Waals surface area contributed by atoms with Gasteiger partial charge in [0.1, 0.15) is 0 Å². The minimum Gasteiger partial charge on any atom is -0.481 e. The van der Waals surface area contributed by atoms with Gasteiger partial charge in [0.15, 0.2) is 0 Å². The van der Waals surface area contributed by atoms with Crippen molar-refractivity contribution in [3.8, 4) is 0 Å². The zero-order valence-corrected chi connectivity index (χ0v) is 13.4. The van der Waals surface area contributed by atoms with Crippen LogP contribution in [0.25, 0.3) is 0 Å². The van der Waals surface area contributed by atoms with E-state index in [1.807, 2.05) is 0 Å². The largest absolute Gasteiger partial charge is 0.481 e. The molecular formula is C15H29N3O3. The number of aliphatic carboxylic acids is 1. The lowest BCUT2D eigenvalue weighted by Gasteiger charge is -2.27. The summed E-state index contributed by atoms with van der Waals surface area (Å²) < 4.78 is 0. The second-order valence-corrected chi connectivity index (χ2v) is 5.95. The van der Waals surface area contributed by atoms with Crippen molar-refractivity contribution in [1.29, 1.82) is 0 Å². The van der Waals surface area contributed by atoms with Crippen molar-refractivity contribution in [2.24, 2.45) is 5.41 Å². The molecule has 0 heterocycles. The maximum Gasteiger partial charge on any atom is 0.315 e. The molecule has 0 bridgehead atoms. The molecule has 1 rings (SSSR count). The normalized spacial score (nSPS) is 25.0. The lowest BCUT2D eigenvalue weighted by molar-refractivity contribution is -0.148. The minimum absolute atomic E-state index is 0.256. The molecular weight excluding hydrogens is 270 g/mol. The summed E-state index contributed by atoms with van der Waals surface area (Å²) >= 11 is 0. The van der Waals surface area contributed by atoms with Gasteiger partial charge in [0.25, 0.3) is 0 Å². The van der Waals surface area contributed by atoms with E-state index in [1.165, 1.54) is 0 Å². The summed E-state index contributed by atoms with van der Waals surface area (Å²) in [6.45, 7) is 9.56. The predicted molar refractivity (Wildman–Crippen MR) is 82.3 cm³/mol. The van der Waals surface area contributed by atoms with Gasteiger partial charge in [-0.15, -0.1) is 0 Å². The molecule has 0 saturated heterocycles. The summed E-state index contributed by atoms with van der Waals surface area (Å²) in [5.41, 5.74) is -0.835. The van der Waals surface area contributed by atoms with Crippen LogP contribution in [0.5, 0.6) is 0 Å². The van der Waals surface area contributed by atoms with Crippen LogP contribution in [-0.2, 0) is 4.79 Å². The van der Waals surface area contributed by atoms with Gasteiger partial charge in [0.2, 0.25) is 0 Å². The van der Waals surface area contributed by atoms with E-state index in [1.54, 1.807) is 6.92 Å². The summed E-state index contributed by atoms with van der Waals surface area (Å²) in [5.74, 6) is -0.827. The maximum atomic E-state index is 11.9. The van der Waals surface area contributed by atoms with E-state index in [0.29, 0.717) is 13.0 Å². The number of carbonyl (C=O) groups excluding carboxylic acids is 1. The van der Waals surface area contributed by atoms with Crippen molar-refractivity contribution in [2.45, 2.75) is 52.5 Å². The molecule has 6 heteroatoms. The second-order valence-electron chi connectivity index (χ2n) is 5.95. The van der Waals surface area contributed by atoms with Crippen molar-refractivity contribution in [3.63, 3.8) is 0 Å². The lowest BCUT2D eigenvalue weighted by Crippen LogP contribution is -2.50. The van der Waals surface area contributed by atoms with Gasteiger partial charge in [-0.25, -0.2) is 4.79 Å². The van der Waals surface area contributed by atoms with E-state index in [4.69, 9.17) is 0 Å². The highest BCUT2D eigenvalue weighted by molar-refractivity contribution is 5.79. The molecule has 0 radical (unpaired) electrons. The molecule has 0 aromatic carbocycles. The molecule has 1 saturated carbocycles. The minimum atomic E-state index is -0.835. The molecule has 122 valence electrons. The molecule has 0 spiro atoms. The number of hydrogen-bond acceptors (Lipinski definition) is 3. The van der Waals surface area contributed by atoms with Gasteiger partial charge in [0, 0.05) is 12.6 Å². The van der Waals surface area contributed by atoms with Crippen molar-refractivity contribution >= 4 is 12.0 Å². The Morgan fingerprint density at radius 3 is 2.57 bits per heavy atom. The average molecular weight is 299 g/mol. The number of amides is 2. The van der Waals surface area contributed by atoms with Crippen LogP contribution in [0.4, 0.5) is 4.79 Å². The standard InChI is InChI=1S/C15H29N3O3/c1-4-18(5-2)11-7-10-16-14(21)17-12-8-6-9-15(12,3)13(19)20/h12H,4-11H2,1-3H3,(H,19,20)(H2,16,17,21). The maximum absolute atomic E-state index is 11.9. The first-order chi connectivity index (χ1) is 9.93. The molecule has 21 heavy (non-hydrogen) atoms. The first-order valence-corrected chi connectivity index (χ1v) is 7.94. The predicted octanol–water partition coefficient (Wildman–Crippen LogP) is 1.66. The number of nitrogens with zero attached hydrogens (tertiary/aromatic N) is 1. The number of carboxylic acids is 1. The molecule has 1 aliphatic carbocycles. The third-order valence-corrected chi connectivity index (χ3v) is 4.58. The van der Waals surface area contributed by atoms with Gasteiger partial charge in [-0.05, 0) is 45.8 Å². The second kappa shape index (κ2) is 8.22. The summed E-state index contributed by atoms with van der Waals surface area (Å²) in [6, 6.07) is -0.535. The van der Waals surface area contributed by atoms with Crippen LogP contribution in [0, 0.1) is 5.41 Å². The van der Waals surface area contributed by atoms with Crippen LogP contribution in [0.15, 0.2) is 0 Å². The topological polar surface area (TPSA) is 81.7 Å². The Morgan fingerprint density at radius 2 is 2.00 bits per heavy atom. The van der Waals surface area contributed by atoms with Crippen LogP contribution in [0.3, 0.4) is 0 Å². The number of hydrogen-bond donors (Lipinski definition) is 3. The van der Waals surface area contributed by atoms with Gasteiger partial charge < -0.3 is 20.6 Å². The van der Waals surface area contributed by atoms with Crippen LogP contribution in [0.1, 0.15) is 46.5 Å². The van der Waals surface area contributed by atoms with Crippen LogP contribution in [-0.4, -0.2) is 54.2 Å². The smallest absolute Gasteiger partial charge is 0.315 e. The third-order valence-electron chi connectivity index (χ3n) is 4.58. The van der Waals surface area contributed by atoms with E-state index in [0.717, 1.165) is 38.9 Å². The van der Waals surface area contributed by atoms with Crippen LogP contribution >= 0.6 is 0 Å². The van der Waals surface area contributed by atoms with E-state index >= 15 is 0 Å². The monoisotopic (exact) mass is 299 g/mol. The lowest BCUT2D eigenvalue weighted by atomic mass is 9.85. The zero-order valence-electron chi connectivity index (χ0n) is 13.4. The molecule has 0 aromatic rings. The summed E-state index contributed by atoms with van der Waals surface area (Å²) in [6.07, 6.45) is 3.09. The average Bonchev–Trinajstić information content (AvgIpc) is 2.82. The molecule has 1 fully saturated rings. The van der Waals surface area contributed by atoms with Crippen molar-refractivity contribution in [1.82, 2.24) is 15.5 Å². The highest BCUT2D eigenvalue weighted by atomic mass is 16.4. The molecule has 1 aliphatic rings. The fourth-order valence-corrected chi connectivity index (χ4v) is 2.91. The molecule has 2 amide bonds. The number of carboxylic acid groups (broad SMARTS) is 1. The summed E-state index contributed by atoms with van der Waals surface area (Å²) in [4.78, 5) is 25.5. The van der Waals surface area contributed by atoms with Gasteiger partial charge in [-0.1, -0.05) is 20.3 Å². The summed E-state index contributed by atoms with van der Waals surface area (Å²) in [7, 11) is 0. The number of nitrogens with one attached hydrogen (secondary N) is 2. The Balaban J connectivity index is 2.29. The van der Waals surface area contributed by atoms with Gasteiger partial charge >= 0.3 is 12.0 Å². The van der Waals surface area contributed by atoms with Crippen molar-refractivity contribution in [2.75, 3.05) is 26.2 Å². The van der Waals surface area contributed by atoms with Gasteiger partial charge in [0.05, 0.1) is 5.41 Å². The van der Waals surface area contributed by atoms with E-state index in [9.17, 15) is 14.7 Å². The first kappa shape index (κ1) is 17.8. The third kappa shape index (κ3) is 4.88. The van der Waals surface area contributed by atoms with E-state index in [2.05, 4.69) is 29.4 Å². The van der Waals surface area contributed by atoms with E-state index < -0.39 is 11.4 Å². The highest BCUT2D eigenvalue weighted by Gasteiger charge is 2.45. The fraction of sp³-hybridized carbons (Fsp3) is 0.867. The Kier molecular flexibility index (Phi) is 6.95. The Bertz CT molecular complexity index is 358. The van der Waals surface area contributed by atoms with Crippen molar-refractivity contribution < 1.29 is 14.7 Å². The Morgan fingerprint density at radius 1 is 1.33 bits per heavy atom. The molecule has 0 aliphatic heterocycles. The molecule has 2 atom stereocenters. The molecule has 0 aromatic heterocycles. The Labute approximate surface area is 127 Å². The zero-order chi connectivity index (χ0) is 15.9. The molecule has 3 N–H and O–H groups in total. The van der Waals surface area contributed by atoms with Gasteiger partial charge in [-0.3, -0.25) is 4.79 Å².